The van der Waals surface area contributed by atoms with Gasteiger partial charge in [0.05, 0.1) is 0 Å². The number of rotatable bonds is 3. The Morgan fingerprint density at radius 3 is 2.60 bits per heavy atom. The lowest BCUT2D eigenvalue weighted by atomic mass is 10.1. The normalized spacial score (nSPS) is 9.20. The van der Waals surface area contributed by atoms with Gasteiger partial charge in [-0.1, -0.05) is 20.3 Å². The first-order valence-electron chi connectivity index (χ1n) is 4.06. The molecule has 57 valence electrons. The fraction of sp³-hybridized carbons (Fsp3) is 0.700. The van der Waals surface area contributed by atoms with Crippen molar-refractivity contribution in [3.63, 3.8) is 0 Å². The average Bonchev–Trinajstić information content (AvgIpc) is 1.87. The van der Waals surface area contributed by atoms with E-state index in [0.29, 0.717) is 5.92 Å². The van der Waals surface area contributed by atoms with Crippen molar-refractivity contribution in [2.75, 3.05) is 0 Å². The van der Waals surface area contributed by atoms with Crippen LogP contribution in [-0.2, 0) is 0 Å². The minimum Gasteiger partial charge on any atom is -0.103 e. The summed E-state index contributed by atoms with van der Waals surface area (Å²) in [6, 6.07) is 0. The summed E-state index contributed by atoms with van der Waals surface area (Å²) in [7, 11) is 0. The zero-order chi connectivity index (χ0) is 7.82. The van der Waals surface area contributed by atoms with E-state index in [0.717, 1.165) is 12.8 Å². The molecule has 0 aromatic carbocycles. The summed E-state index contributed by atoms with van der Waals surface area (Å²) in [5.41, 5.74) is 0. The van der Waals surface area contributed by atoms with Crippen molar-refractivity contribution in [2.24, 2.45) is 5.92 Å². The van der Waals surface area contributed by atoms with Crippen molar-refractivity contribution in [3.05, 3.63) is 6.92 Å². The molecule has 0 heterocycles. The van der Waals surface area contributed by atoms with Crippen LogP contribution in [0.3, 0.4) is 0 Å². The monoisotopic (exact) mass is 137 g/mol. The second kappa shape index (κ2) is 6.68. The number of hydrogen-bond donors (Lipinski definition) is 0. The Hall–Kier alpha value is -0.440. The summed E-state index contributed by atoms with van der Waals surface area (Å²) in [6.45, 7) is 8.13. The highest BCUT2D eigenvalue weighted by atomic mass is 13.9. The van der Waals surface area contributed by atoms with E-state index in [1.807, 2.05) is 0 Å². The highest BCUT2D eigenvalue weighted by Crippen LogP contribution is 1.96. The van der Waals surface area contributed by atoms with Crippen LogP contribution in [0.2, 0.25) is 0 Å². The molecular weight excluding hydrogens is 120 g/mol. The lowest BCUT2D eigenvalue weighted by molar-refractivity contribution is 0.752. The number of hydrogen-bond acceptors (Lipinski definition) is 0. The molecule has 0 rings (SSSR count). The zero-order valence-corrected chi connectivity index (χ0v) is 7.11. The van der Waals surface area contributed by atoms with E-state index in [4.69, 9.17) is 0 Å². The smallest absolute Gasteiger partial charge is 0.0114 e. The Kier molecular flexibility index (Phi) is 6.38. The molecule has 1 unspecified atom stereocenters. The van der Waals surface area contributed by atoms with Crippen LogP contribution in [0.4, 0.5) is 0 Å². The molecule has 0 spiro atoms. The summed E-state index contributed by atoms with van der Waals surface area (Å²) >= 11 is 0. The Morgan fingerprint density at radius 2 is 2.10 bits per heavy atom. The molecule has 10 heavy (non-hydrogen) atoms. The molecule has 0 bridgehead atoms. The van der Waals surface area contributed by atoms with E-state index in [9.17, 15) is 0 Å². The second-order valence-corrected chi connectivity index (χ2v) is 2.77. The van der Waals surface area contributed by atoms with Crippen LogP contribution in [0.1, 0.15) is 39.5 Å². The molecule has 0 nitrogen and oxygen atoms in total. The van der Waals surface area contributed by atoms with Gasteiger partial charge in [0.25, 0.3) is 0 Å². The van der Waals surface area contributed by atoms with E-state index < -0.39 is 0 Å². The van der Waals surface area contributed by atoms with E-state index in [1.54, 1.807) is 0 Å². The Morgan fingerprint density at radius 1 is 1.40 bits per heavy atom. The van der Waals surface area contributed by atoms with Crippen molar-refractivity contribution < 1.29 is 0 Å². The van der Waals surface area contributed by atoms with Crippen LogP contribution in [0, 0.1) is 24.7 Å². The quantitative estimate of drug-likeness (QED) is 0.414. The molecule has 0 amide bonds. The van der Waals surface area contributed by atoms with E-state index in [2.05, 4.69) is 32.6 Å². The summed E-state index contributed by atoms with van der Waals surface area (Å²) in [5.74, 6) is 6.72. The van der Waals surface area contributed by atoms with Crippen molar-refractivity contribution in [1.29, 1.82) is 0 Å². The van der Waals surface area contributed by atoms with Gasteiger partial charge in [-0.25, -0.2) is 0 Å². The number of unbranched alkanes of at least 4 members (excludes halogenated alkanes) is 2. The summed E-state index contributed by atoms with van der Waals surface area (Å²) < 4.78 is 0. The fourth-order valence-electron chi connectivity index (χ4n) is 0.600. The predicted octanol–water partition coefficient (Wildman–Crippen LogP) is 3.04. The Labute approximate surface area is 65.0 Å². The van der Waals surface area contributed by atoms with E-state index >= 15 is 0 Å². The maximum absolute atomic E-state index is 3.85. The molecule has 0 saturated heterocycles. The highest BCUT2D eigenvalue weighted by molar-refractivity contribution is 4.99. The highest BCUT2D eigenvalue weighted by Gasteiger charge is 1.85. The third-order valence-corrected chi connectivity index (χ3v) is 1.23. The van der Waals surface area contributed by atoms with Crippen LogP contribution >= 0.6 is 0 Å². The Balaban J connectivity index is 3.14. The van der Waals surface area contributed by atoms with Gasteiger partial charge in [-0.2, -0.15) is 0 Å². The first-order chi connectivity index (χ1) is 4.77. The van der Waals surface area contributed by atoms with Gasteiger partial charge in [0, 0.05) is 12.8 Å². The molecule has 1 atom stereocenters. The van der Waals surface area contributed by atoms with Gasteiger partial charge in [0.1, 0.15) is 0 Å². The van der Waals surface area contributed by atoms with E-state index in [1.165, 1.54) is 12.8 Å². The van der Waals surface area contributed by atoms with Gasteiger partial charge in [-0.15, -0.1) is 11.8 Å². The van der Waals surface area contributed by atoms with Crippen LogP contribution in [0.25, 0.3) is 0 Å². The molecule has 0 aromatic rings. The topological polar surface area (TPSA) is 0 Å². The van der Waals surface area contributed by atoms with Crippen molar-refractivity contribution >= 4 is 0 Å². The third kappa shape index (κ3) is 7.56. The minimum absolute atomic E-state index is 0.481. The summed E-state index contributed by atoms with van der Waals surface area (Å²) in [6.07, 6.45) is 4.49. The van der Waals surface area contributed by atoms with Gasteiger partial charge >= 0.3 is 0 Å². The van der Waals surface area contributed by atoms with Crippen LogP contribution < -0.4 is 0 Å². The molecular formula is C10H17. The fourth-order valence-corrected chi connectivity index (χ4v) is 0.600. The molecule has 0 aliphatic rings. The van der Waals surface area contributed by atoms with Crippen LogP contribution in [-0.4, -0.2) is 0 Å². The lowest BCUT2D eigenvalue weighted by Crippen LogP contribution is -1.82. The van der Waals surface area contributed by atoms with Gasteiger partial charge < -0.3 is 0 Å². The van der Waals surface area contributed by atoms with Gasteiger partial charge in [0.15, 0.2) is 0 Å². The van der Waals surface area contributed by atoms with Crippen LogP contribution in [0.15, 0.2) is 0 Å². The molecule has 0 N–H and O–H groups in total. The first kappa shape index (κ1) is 9.56. The largest absolute Gasteiger partial charge is 0.103 e. The van der Waals surface area contributed by atoms with Crippen LogP contribution in [0.5, 0.6) is 0 Å². The van der Waals surface area contributed by atoms with Crippen molar-refractivity contribution in [1.82, 2.24) is 0 Å². The standard InChI is InChI=1S/C10H17/c1-4-5-6-7-8-9-10(2)3/h10H,2,4-6,9H2,1,3H3. The molecule has 0 fully saturated rings. The molecule has 0 saturated carbocycles. The molecule has 0 heteroatoms. The lowest BCUT2D eigenvalue weighted by Gasteiger charge is -1.92. The SMILES string of the molecule is [CH2]C(C)CC#CCCCC. The van der Waals surface area contributed by atoms with Crippen molar-refractivity contribution in [2.45, 2.75) is 39.5 Å². The molecule has 0 aliphatic carbocycles. The zero-order valence-electron chi connectivity index (χ0n) is 7.11. The average molecular weight is 137 g/mol. The van der Waals surface area contributed by atoms with Gasteiger partial charge in [0.2, 0.25) is 0 Å². The predicted molar refractivity (Wildman–Crippen MR) is 46.4 cm³/mol. The van der Waals surface area contributed by atoms with E-state index in [-0.39, 0.29) is 0 Å². The van der Waals surface area contributed by atoms with Gasteiger partial charge in [-0.05, 0) is 19.3 Å². The summed E-state index contributed by atoms with van der Waals surface area (Å²) in [4.78, 5) is 0. The first-order valence-corrected chi connectivity index (χ1v) is 4.06. The molecule has 1 radical (unpaired) electrons. The summed E-state index contributed by atoms with van der Waals surface area (Å²) in [5, 5.41) is 0. The molecule has 0 aromatic heterocycles. The minimum atomic E-state index is 0.481. The van der Waals surface area contributed by atoms with Crippen molar-refractivity contribution in [3.8, 4) is 11.8 Å². The maximum Gasteiger partial charge on any atom is 0.0114 e. The maximum atomic E-state index is 3.85. The van der Waals surface area contributed by atoms with Gasteiger partial charge in [-0.3, -0.25) is 0 Å². The molecule has 0 aliphatic heterocycles. The second-order valence-electron chi connectivity index (χ2n) is 2.77. The Bertz CT molecular complexity index is 112. The third-order valence-electron chi connectivity index (χ3n) is 1.23.